The summed E-state index contributed by atoms with van der Waals surface area (Å²) in [6, 6.07) is 2.15. The summed E-state index contributed by atoms with van der Waals surface area (Å²) in [6.07, 6.45) is 0. The van der Waals surface area contributed by atoms with Gasteiger partial charge in [-0.15, -0.1) is 12.6 Å². The van der Waals surface area contributed by atoms with Crippen molar-refractivity contribution in [1.82, 2.24) is 0 Å². The summed E-state index contributed by atoms with van der Waals surface area (Å²) in [5, 5.41) is 0. The molecule has 0 saturated heterocycles. The SMILES string of the molecule is Sc1c(I)cc(I)c(I)c1I. The number of hydrogen-bond donors (Lipinski definition) is 1. The van der Waals surface area contributed by atoms with E-state index in [1.54, 1.807) is 0 Å². The lowest BCUT2D eigenvalue weighted by atomic mass is 10.4. The van der Waals surface area contributed by atoms with Crippen LogP contribution in [0.4, 0.5) is 0 Å². The van der Waals surface area contributed by atoms with E-state index in [4.69, 9.17) is 0 Å². The van der Waals surface area contributed by atoms with E-state index in [0.717, 1.165) is 4.90 Å². The van der Waals surface area contributed by atoms with Crippen LogP contribution >= 0.6 is 103 Å². The monoisotopic (exact) mass is 614 g/mol. The number of hydrogen-bond acceptors (Lipinski definition) is 1. The smallest absolute Gasteiger partial charge is 0.0418 e. The van der Waals surface area contributed by atoms with Gasteiger partial charge in [0.15, 0.2) is 0 Å². The first-order valence-corrected chi connectivity index (χ1v) is 7.32. The molecule has 0 aromatic heterocycles. The molecular weight excluding hydrogens is 612 g/mol. The van der Waals surface area contributed by atoms with Gasteiger partial charge in [-0.1, -0.05) is 0 Å². The summed E-state index contributed by atoms with van der Waals surface area (Å²) in [6.45, 7) is 0. The molecule has 60 valence electrons. The van der Waals surface area contributed by atoms with Crippen LogP contribution in [0.3, 0.4) is 0 Å². The molecule has 0 aliphatic carbocycles. The van der Waals surface area contributed by atoms with E-state index in [9.17, 15) is 0 Å². The van der Waals surface area contributed by atoms with E-state index in [1.807, 2.05) is 0 Å². The van der Waals surface area contributed by atoms with Crippen molar-refractivity contribution in [3.05, 3.63) is 20.3 Å². The van der Waals surface area contributed by atoms with Crippen molar-refractivity contribution in [3.63, 3.8) is 0 Å². The average Bonchev–Trinajstić information content (AvgIpc) is 1.97. The predicted molar refractivity (Wildman–Crippen MR) is 84.6 cm³/mol. The Kier molecular flexibility index (Phi) is 5.07. The standard InChI is InChI=1S/C6H2I4S/c7-2-1-3(8)6(11)5(10)4(2)9/h1,11H. The highest BCUT2D eigenvalue weighted by Gasteiger charge is 2.08. The van der Waals surface area contributed by atoms with Crippen LogP contribution in [0.2, 0.25) is 0 Å². The van der Waals surface area contributed by atoms with E-state index in [1.165, 1.54) is 14.3 Å². The molecule has 5 heteroatoms. The molecule has 0 saturated carbocycles. The van der Waals surface area contributed by atoms with Gasteiger partial charge in [0.05, 0.1) is 0 Å². The van der Waals surface area contributed by atoms with Crippen molar-refractivity contribution < 1.29 is 0 Å². The Balaban J connectivity index is 3.46. The van der Waals surface area contributed by atoms with Gasteiger partial charge in [-0.2, -0.15) is 0 Å². The minimum absolute atomic E-state index is 1.09. The van der Waals surface area contributed by atoms with Crippen LogP contribution in [-0.4, -0.2) is 0 Å². The Labute approximate surface area is 126 Å². The van der Waals surface area contributed by atoms with Crippen molar-refractivity contribution in [2.45, 2.75) is 4.90 Å². The number of thiol groups is 1. The first-order valence-electron chi connectivity index (χ1n) is 2.56. The van der Waals surface area contributed by atoms with Crippen LogP contribution in [0.25, 0.3) is 0 Å². The highest BCUT2D eigenvalue weighted by Crippen LogP contribution is 2.30. The van der Waals surface area contributed by atoms with Crippen LogP contribution < -0.4 is 0 Å². The largest absolute Gasteiger partial charge is 0.141 e. The van der Waals surface area contributed by atoms with Crippen LogP contribution in [0.15, 0.2) is 11.0 Å². The van der Waals surface area contributed by atoms with Crippen molar-refractivity contribution in [2.24, 2.45) is 0 Å². The maximum atomic E-state index is 4.41. The second-order valence-corrected chi connectivity index (χ2v) is 6.75. The molecule has 1 aromatic carbocycles. The Morgan fingerprint density at radius 1 is 0.909 bits per heavy atom. The second-order valence-electron chi connectivity index (χ2n) is 1.82. The third kappa shape index (κ3) is 2.72. The molecule has 1 rings (SSSR count). The molecule has 0 fully saturated rings. The lowest BCUT2D eigenvalue weighted by molar-refractivity contribution is 1.31. The van der Waals surface area contributed by atoms with Crippen LogP contribution in [0.5, 0.6) is 0 Å². The summed E-state index contributed by atoms with van der Waals surface area (Å²) >= 11 is 13.7. The normalized spacial score (nSPS) is 10.3. The van der Waals surface area contributed by atoms with Crippen molar-refractivity contribution in [3.8, 4) is 0 Å². The van der Waals surface area contributed by atoms with E-state index in [0.29, 0.717) is 0 Å². The third-order valence-corrected chi connectivity index (χ3v) is 8.37. The van der Waals surface area contributed by atoms with Gasteiger partial charge in [0.1, 0.15) is 0 Å². The van der Waals surface area contributed by atoms with Crippen molar-refractivity contribution >= 4 is 103 Å². The van der Waals surface area contributed by atoms with Crippen LogP contribution in [0.1, 0.15) is 0 Å². The Hall–Kier alpha value is 2.49. The highest BCUT2D eigenvalue weighted by molar-refractivity contribution is 14.1. The summed E-state index contributed by atoms with van der Waals surface area (Å²) in [7, 11) is 0. The topological polar surface area (TPSA) is 0 Å². The van der Waals surface area contributed by atoms with E-state index < -0.39 is 0 Å². The lowest BCUT2D eigenvalue weighted by Crippen LogP contribution is -1.90. The molecule has 0 heterocycles. The molecule has 0 bridgehead atoms. The van der Waals surface area contributed by atoms with Gasteiger partial charge in [0.25, 0.3) is 0 Å². The van der Waals surface area contributed by atoms with Gasteiger partial charge >= 0.3 is 0 Å². The van der Waals surface area contributed by atoms with E-state index in [-0.39, 0.29) is 0 Å². The molecule has 1 aromatic rings. The van der Waals surface area contributed by atoms with Crippen molar-refractivity contribution in [1.29, 1.82) is 0 Å². The maximum absolute atomic E-state index is 4.41. The van der Waals surface area contributed by atoms with Crippen molar-refractivity contribution in [2.75, 3.05) is 0 Å². The Morgan fingerprint density at radius 2 is 1.45 bits per heavy atom. The zero-order chi connectivity index (χ0) is 8.59. The van der Waals surface area contributed by atoms with Gasteiger partial charge in [-0.25, -0.2) is 0 Å². The maximum Gasteiger partial charge on any atom is 0.0418 e. The molecule has 0 N–H and O–H groups in total. The fraction of sp³-hybridized carbons (Fsp3) is 0. The fourth-order valence-electron chi connectivity index (χ4n) is 0.557. The van der Waals surface area contributed by atoms with Crippen LogP contribution in [-0.2, 0) is 0 Å². The third-order valence-electron chi connectivity index (χ3n) is 1.09. The summed E-state index contributed by atoms with van der Waals surface area (Å²) < 4.78 is 5.08. The average molecular weight is 614 g/mol. The quantitative estimate of drug-likeness (QED) is 0.191. The minimum Gasteiger partial charge on any atom is -0.141 e. The van der Waals surface area contributed by atoms with Gasteiger partial charge in [-0.05, 0) is 96.4 Å². The highest BCUT2D eigenvalue weighted by atomic mass is 127. The molecular formula is C6H2I4S. The molecule has 0 nitrogen and oxygen atoms in total. The molecule has 0 amide bonds. The molecule has 0 spiro atoms. The number of rotatable bonds is 0. The summed E-state index contributed by atoms with van der Waals surface area (Å²) in [5.74, 6) is 0. The van der Waals surface area contributed by atoms with E-state index >= 15 is 0 Å². The number of halogens is 4. The van der Waals surface area contributed by atoms with Gasteiger partial charge < -0.3 is 0 Å². The first kappa shape index (κ1) is 11.6. The molecule has 0 aliphatic rings. The summed E-state index contributed by atoms with van der Waals surface area (Å²) in [4.78, 5) is 1.09. The van der Waals surface area contributed by atoms with Crippen LogP contribution in [0, 0.1) is 14.3 Å². The zero-order valence-electron chi connectivity index (χ0n) is 5.04. The zero-order valence-corrected chi connectivity index (χ0v) is 14.6. The molecule has 0 atom stereocenters. The molecule has 0 radical (unpaired) electrons. The fourth-order valence-corrected chi connectivity index (χ4v) is 4.74. The summed E-state index contributed by atoms with van der Waals surface area (Å²) in [5.41, 5.74) is 0. The van der Waals surface area contributed by atoms with E-state index in [2.05, 4.69) is 109 Å². The van der Waals surface area contributed by atoms with Gasteiger partial charge in [0, 0.05) is 19.2 Å². The first-order chi connectivity index (χ1) is 5.04. The molecule has 0 aliphatic heterocycles. The Bertz CT molecular complexity index is 271. The van der Waals surface area contributed by atoms with Gasteiger partial charge in [0.2, 0.25) is 0 Å². The number of benzene rings is 1. The predicted octanol–water partition coefficient (Wildman–Crippen LogP) is 4.39. The lowest BCUT2D eigenvalue weighted by Gasteiger charge is -2.04. The molecule has 11 heavy (non-hydrogen) atoms. The minimum atomic E-state index is 1.09. The Morgan fingerprint density at radius 3 is 2.00 bits per heavy atom. The van der Waals surface area contributed by atoms with Gasteiger partial charge in [-0.3, -0.25) is 0 Å². The molecule has 0 unspecified atom stereocenters. The second kappa shape index (κ2) is 4.82.